The first-order chi connectivity index (χ1) is 7.75. The number of hydrogen-bond acceptors (Lipinski definition) is 0. The molecule has 3 aromatic rings. The molecule has 0 heterocycles. The molecule has 0 aromatic heterocycles. The van der Waals surface area contributed by atoms with Crippen molar-refractivity contribution < 1.29 is 0 Å². The molecule has 0 unspecified atom stereocenters. The van der Waals surface area contributed by atoms with Crippen LogP contribution in [0.3, 0.4) is 0 Å². The lowest BCUT2D eigenvalue weighted by Gasteiger charge is -2.07. The van der Waals surface area contributed by atoms with Gasteiger partial charge in [-0.15, -0.1) is 0 Å². The van der Waals surface area contributed by atoms with Crippen molar-refractivity contribution in [3.8, 4) is 0 Å². The summed E-state index contributed by atoms with van der Waals surface area (Å²) in [4.78, 5) is 0. The lowest BCUT2D eigenvalue weighted by atomic mass is 9.98. The fourth-order valence-electron chi connectivity index (χ4n) is 2.28. The summed E-state index contributed by atoms with van der Waals surface area (Å²) in [6.45, 7) is 4.35. The molecule has 0 saturated heterocycles. The largest absolute Gasteiger partial charge is 0.0616 e. The van der Waals surface area contributed by atoms with Gasteiger partial charge in [0.15, 0.2) is 0 Å². The molecule has 3 aromatic carbocycles. The zero-order valence-corrected chi connectivity index (χ0v) is 9.62. The Balaban J connectivity index is 2.55. The van der Waals surface area contributed by atoms with Crippen molar-refractivity contribution in [1.82, 2.24) is 0 Å². The van der Waals surface area contributed by atoms with Gasteiger partial charge in [-0.3, -0.25) is 0 Å². The lowest BCUT2D eigenvalue weighted by Crippen LogP contribution is -1.83. The normalized spacial score (nSPS) is 11.1. The monoisotopic (exact) mass is 206 g/mol. The molecule has 0 saturated carbocycles. The van der Waals surface area contributed by atoms with E-state index in [0.29, 0.717) is 0 Å². The second-order valence-electron chi connectivity index (χ2n) is 4.44. The van der Waals surface area contributed by atoms with Gasteiger partial charge >= 0.3 is 0 Å². The van der Waals surface area contributed by atoms with Gasteiger partial charge in [0.25, 0.3) is 0 Å². The highest BCUT2D eigenvalue weighted by Gasteiger charge is 2.01. The Labute approximate surface area is 95.5 Å². The highest BCUT2D eigenvalue weighted by molar-refractivity contribution is 6.07. The van der Waals surface area contributed by atoms with E-state index in [1.807, 2.05) is 0 Å². The fraction of sp³-hybridized carbons (Fsp3) is 0.125. The summed E-state index contributed by atoms with van der Waals surface area (Å²) in [6.07, 6.45) is 0. The third kappa shape index (κ3) is 1.30. The molecule has 78 valence electrons. The number of fused-ring (bicyclic) bond motifs is 3. The van der Waals surface area contributed by atoms with Crippen molar-refractivity contribution in [2.45, 2.75) is 13.8 Å². The Hall–Kier alpha value is -1.82. The van der Waals surface area contributed by atoms with Crippen LogP contribution in [0.15, 0.2) is 48.5 Å². The van der Waals surface area contributed by atoms with E-state index in [2.05, 4.69) is 62.4 Å². The predicted molar refractivity (Wildman–Crippen MR) is 70.9 cm³/mol. The first kappa shape index (κ1) is 9.41. The second-order valence-corrected chi connectivity index (χ2v) is 4.44. The summed E-state index contributed by atoms with van der Waals surface area (Å²) in [6, 6.07) is 17.6. The van der Waals surface area contributed by atoms with Crippen LogP contribution in [-0.4, -0.2) is 0 Å². The van der Waals surface area contributed by atoms with Gasteiger partial charge in [0.05, 0.1) is 0 Å². The zero-order valence-electron chi connectivity index (χ0n) is 9.62. The average molecular weight is 206 g/mol. The highest BCUT2D eigenvalue weighted by Crippen LogP contribution is 2.27. The van der Waals surface area contributed by atoms with Crippen LogP contribution in [0, 0.1) is 13.8 Å². The minimum Gasteiger partial charge on any atom is -0.0616 e. The molecule has 0 aliphatic rings. The zero-order chi connectivity index (χ0) is 11.1. The van der Waals surface area contributed by atoms with Crippen LogP contribution < -0.4 is 0 Å². The first-order valence-electron chi connectivity index (χ1n) is 5.64. The highest BCUT2D eigenvalue weighted by atomic mass is 14.1. The number of aryl methyl sites for hydroxylation is 2. The minimum absolute atomic E-state index is 1.32. The summed E-state index contributed by atoms with van der Waals surface area (Å²) in [7, 11) is 0. The van der Waals surface area contributed by atoms with E-state index >= 15 is 0 Å². The number of hydrogen-bond donors (Lipinski definition) is 0. The van der Waals surface area contributed by atoms with Gasteiger partial charge < -0.3 is 0 Å². The third-order valence-electron chi connectivity index (χ3n) is 3.36. The molecule has 0 fully saturated rings. The molecule has 0 aliphatic carbocycles. The Morgan fingerprint density at radius 2 is 1.31 bits per heavy atom. The van der Waals surface area contributed by atoms with Crippen molar-refractivity contribution in [1.29, 1.82) is 0 Å². The smallest absolute Gasteiger partial charge is 0.0103 e. The molecule has 0 aliphatic heterocycles. The van der Waals surface area contributed by atoms with E-state index in [9.17, 15) is 0 Å². The molecule has 0 radical (unpaired) electrons. The van der Waals surface area contributed by atoms with Crippen molar-refractivity contribution in [3.05, 3.63) is 59.7 Å². The Kier molecular flexibility index (Phi) is 1.97. The third-order valence-corrected chi connectivity index (χ3v) is 3.36. The maximum atomic E-state index is 2.30. The van der Waals surface area contributed by atoms with Gasteiger partial charge in [-0.2, -0.15) is 0 Å². The Morgan fingerprint density at radius 1 is 0.625 bits per heavy atom. The van der Waals surface area contributed by atoms with E-state index < -0.39 is 0 Å². The lowest BCUT2D eigenvalue weighted by molar-refractivity contribution is 1.37. The molecule has 0 nitrogen and oxygen atoms in total. The van der Waals surface area contributed by atoms with Gasteiger partial charge in [0.1, 0.15) is 0 Å². The Morgan fingerprint density at radius 3 is 2.19 bits per heavy atom. The van der Waals surface area contributed by atoms with Crippen molar-refractivity contribution in [2.75, 3.05) is 0 Å². The number of benzene rings is 3. The van der Waals surface area contributed by atoms with Gasteiger partial charge in [-0.25, -0.2) is 0 Å². The minimum atomic E-state index is 1.32. The van der Waals surface area contributed by atoms with E-state index in [1.54, 1.807) is 0 Å². The topological polar surface area (TPSA) is 0 Å². The molecule has 0 spiro atoms. The van der Waals surface area contributed by atoms with Gasteiger partial charge in [-0.05, 0) is 46.5 Å². The maximum absolute atomic E-state index is 2.30. The van der Waals surface area contributed by atoms with E-state index in [4.69, 9.17) is 0 Å². The fourth-order valence-corrected chi connectivity index (χ4v) is 2.28. The SMILES string of the molecule is Cc1cc2ccc3ccccc3c2cc1C. The summed E-state index contributed by atoms with van der Waals surface area (Å²) >= 11 is 0. The van der Waals surface area contributed by atoms with Crippen LogP contribution in [0.1, 0.15) is 11.1 Å². The van der Waals surface area contributed by atoms with Crippen molar-refractivity contribution >= 4 is 21.5 Å². The van der Waals surface area contributed by atoms with Crippen molar-refractivity contribution in [2.24, 2.45) is 0 Å². The van der Waals surface area contributed by atoms with Crippen LogP contribution in [-0.2, 0) is 0 Å². The predicted octanol–water partition coefficient (Wildman–Crippen LogP) is 4.61. The maximum Gasteiger partial charge on any atom is -0.0103 e. The Bertz CT molecular complexity index is 678. The van der Waals surface area contributed by atoms with Crippen LogP contribution in [0.25, 0.3) is 21.5 Å². The standard InChI is InChI=1S/C16H14/c1-11-9-14-8-7-13-5-3-4-6-15(13)16(14)10-12(11)2/h3-10H,1-2H3. The molecule has 16 heavy (non-hydrogen) atoms. The van der Waals surface area contributed by atoms with Crippen LogP contribution in [0.4, 0.5) is 0 Å². The van der Waals surface area contributed by atoms with Gasteiger partial charge in [-0.1, -0.05) is 48.5 Å². The van der Waals surface area contributed by atoms with E-state index in [-0.39, 0.29) is 0 Å². The quantitative estimate of drug-likeness (QED) is 0.471. The van der Waals surface area contributed by atoms with Crippen LogP contribution >= 0.6 is 0 Å². The average Bonchev–Trinajstić information content (AvgIpc) is 2.31. The summed E-state index contributed by atoms with van der Waals surface area (Å²) in [5.41, 5.74) is 2.73. The molecular formula is C16H14. The van der Waals surface area contributed by atoms with Crippen LogP contribution in [0.5, 0.6) is 0 Å². The summed E-state index contributed by atoms with van der Waals surface area (Å²) < 4.78 is 0. The molecule has 0 N–H and O–H groups in total. The molecule has 0 amide bonds. The molecule has 3 rings (SSSR count). The second kappa shape index (κ2) is 3.34. The molecule has 0 heteroatoms. The summed E-state index contributed by atoms with van der Waals surface area (Å²) in [5.74, 6) is 0. The number of rotatable bonds is 0. The summed E-state index contributed by atoms with van der Waals surface area (Å²) in [5, 5.41) is 5.37. The van der Waals surface area contributed by atoms with Gasteiger partial charge in [0, 0.05) is 0 Å². The molecule has 0 atom stereocenters. The molecule has 0 bridgehead atoms. The van der Waals surface area contributed by atoms with Crippen LogP contribution in [0.2, 0.25) is 0 Å². The van der Waals surface area contributed by atoms with Gasteiger partial charge in [0.2, 0.25) is 0 Å². The van der Waals surface area contributed by atoms with E-state index in [0.717, 1.165) is 0 Å². The first-order valence-corrected chi connectivity index (χ1v) is 5.64. The van der Waals surface area contributed by atoms with Crippen molar-refractivity contribution in [3.63, 3.8) is 0 Å². The molecular weight excluding hydrogens is 192 g/mol. The van der Waals surface area contributed by atoms with E-state index in [1.165, 1.54) is 32.7 Å².